The van der Waals surface area contributed by atoms with Crippen molar-refractivity contribution in [2.45, 2.75) is 130 Å². The molecular formula is C68H78Cl2Si2Zr2. The molecule has 2 aliphatic carbocycles. The van der Waals surface area contributed by atoms with Gasteiger partial charge in [-0.15, -0.1) is 128 Å². The SMILES string of the molecule is CCCC(C)c1c[cH-]c2ccccc12.CCCC(C)c1c[cH-]c2ccccc12.C[SiH]C.C[SiH]C.[Cl-].[Cl-].[Zr+3].[Zr+3].c1ccc(-c2c3c(cc4[cH-]ccc24)CCC3)cc1.c1ccc(-c2c3c(cc4[cH-]ccc24)CCC3)cc1. The molecule has 0 saturated carbocycles. The maximum Gasteiger partial charge on any atom is 3.00 e. The minimum atomic E-state index is 0. The molecule has 2 atom stereocenters. The first kappa shape index (κ1) is 64.8. The summed E-state index contributed by atoms with van der Waals surface area (Å²) in [5, 5.41) is 11.3. The molecule has 6 heteroatoms. The zero-order valence-corrected chi connectivity index (χ0v) is 54.2. The number of halogens is 2. The van der Waals surface area contributed by atoms with Crippen molar-refractivity contribution in [3.8, 4) is 22.3 Å². The van der Waals surface area contributed by atoms with E-state index in [-0.39, 0.29) is 77.2 Å². The number of hydrogen-bond acceptors (Lipinski definition) is 0. The molecule has 0 spiro atoms. The van der Waals surface area contributed by atoms with Gasteiger partial charge in [0.05, 0.1) is 0 Å². The second kappa shape index (κ2) is 33.6. The number of hydrogen-bond donors (Lipinski definition) is 0. The third-order valence-corrected chi connectivity index (χ3v) is 14.1. The summed E-state index contributed by atoms with van der Waals surface area (Å²) in [5.74, 6) is 1.39. The maximum atomic E-state index is 2.39. The van der Waals surface area contributed by atoms with E-state index < -0.39 is 0 Å². The van der Waals surface area contributed by atoms with E-state index in [9.17, 15) is 0 Å². The maximum absolute atomic E-state index is 2.39. The van der Waals surface area contributed by atoms with Gasteiger partial charge in [-0.2, -0.15) is 35.4 Å². The number of benzene rings is 6. The van der Waals surface area contributed by atoms with Gasteiger partial charge in [0, 0.05) is 19.0 Å². The van der Waals surface area contributed by atoms with Gasteiger partial charge in [-0.3, -0.25) is 0 Å². The normalized spacial score (nSPS) is 12.3. The van der Waals surface area contributed by atoms with Crippen LogP contribution in [0.5, 0.6) is 0 Å². The van der Waals surface area contributed by atoms with Gasteiger partial charge in [-0.05, 0) is 49.7 Å². The molecule has 10 aromatic rings. The minimum absolute atomic E-state index is 0. The van der Waals surface area contributed by atoms with E-state index in [0.717, 1.165) is 19.0 Å². The van der Waals surface area contributed by atoms with Crippen LogP contribution in [0.4, 0.5) is 0 Å². The van der Waals surface area contributed by atoms with E-state index in [1.165, 1.54) is 141 Å². The number of aryl methyl sites for hydroxylation is 2. The third-order valence-electron chi connectivity index (χ3n) is 14.1. The molecule has 0 amide bonds. The topological polar surface area (TPSA) is 0 Å². The summed E-state index contributed by atoms with van der Waals surface area (Å²) in [6.45, 7) is 18.0. The summed E-state index contributed by atoms with van der Waals surface area (Å²) in [6, 6.07) is 66.2. The van der Waals surface area contributed by atoms with Crippen molar-refractivity contribution in [3.63, 3.8) is 0 Å². The second-order valence-electron chi connectivity index (χ2n) is 19.6. The van der Waals surface area contributed by atoms with E-state index >= 15 is 0 Å². The molecule has 74 heavy (non-hydrogen) atoms. The second-order valence-corrected chi connectivity index (χ2v) is 21.9. The molecule has 2 aliphatic rings. The van der Waals surface area contributed by atoms with Gasteiger partial charge in [0.25, 0.3) is 0 Å². The van der Waals surface area contributed by atoms with Gasteiger partial charge >= 0.3 is 52.4 Å². The summed E-state index contributed by atoms with van der Waals surface area (Å²) in [5.41, 5.74) is 15.0. The first-order chi connectivity index (χ1) is 34.3. The Morgan fingerprint density at radius 2 is 0.784 bits per heavy atom. The van der Waals surface area contributed by atoms with Crippen molar-refractivity contribution in [1.82, 2.24) is 0 Å². The van der Waals surface area contributed by atoms with Gasteiger partial charge in [0.2, 0.25) is 0 Å². The first-order valence-corrected chi connectivity index (χ1v) is 31.2. The largest absolute Gasteiger partial charge is 3.00 e. The van der Waals surface area contributed by atoms with Gasteiger partial charge in [-0.1, -0.05) is 198 Å². The summed E-state index contributed by atoms with van der Waals surface area (Å²) in [6.07, 6.45) is 12.7. The standard InChI is InChI=1S/2C18H15.2C14H17.2C2H7Si.2ClH.2Zr/c2*1-2-6-13(7-3-1)18-16-10-4-8-14(16)12-15-9-5-11-17(15)18;2*1-3-6-11(2)13-10-9-12-7-4-5-8-14(12)13;2*1-3-2;;;;/h2*1-4,6-8,10,12H,5,9,11H2;2*4-5,7-11H,3,6H2,1-2H3;2*3H,1-2H3;2*1H;;/q4*-1;;;;;2*+3/p-2. The Labute approximate surface area is 502 Å². The average molecular weight is 1200 g/mol. The quantitative estimate of drug-likeness (QED) is 0.105. The molecule has 0 aromatic heterocycles. The van der Waals surface area contributed by atoms with Crippen LogP contribution < -0.4 is 24.8 Å². The van der Waals surface area contributed by atoms with Gasteiger partial charge < -0.3 is 24.8 Å². The Morgan fingerprint density at radius 1 is 0.432 bits per heavy atom. The molecule has 380 valence electrons. The van der Waals surface area contributed by atoms with Gasteiger partial charge in [-0.25, -0.2) is 0 Å². The van der Waals surface area contributed by atoms with Crippen molar-refractivity contribution in [2.24, 2.45) is 0 Å². The van der Waals surface area contributed by atoms with Crippen LogP contribution in [-0.4, -0.2) is 19.0 Å². The zero-order chi connectivity index (χ0) is 49.2. The van der Waals surface area contributed by atoms with Crippen LogP contribution in [0.15, 0.2) is 182 Å². The monoisotopic (exact) mass is 1200 g/mol. The van der Waals surface area contributed by atoms with Crippen molar-refractivity contribution in [2.75, 3.05) is 0 Å². The Bertz CT molecular complexity index is 2910. The molecule has 0 fully saturated rings. The summed E-state index contributed by atoms with van der Waals surface area (Å²) < 4.78 is 0. The number of fused-ring (bicyclic) bond motifs is 6. The average Bonchev–Trinajstić information content (AvgIpc) is 4.26. The fourth-order valence-corrected chi connectivity index (χ4v) is 11.0. The van der Waals surface area contributed by atoms with Crippen molar-refractivity contribution < 1.29 is 77.2 Å². The van der Waals surface area contributed by atoms with Crippen molar-refractivity contribution in [1.29, 1.82) is 0 Å². The van der Waals surface area contributed by atoms with Crippen LogP contribution >= 0.6 is 0 Å². The van der Waals surface area contributed by atoms with Crippen molar-refractivity contribution in [3.05, 3.63) is 215 Å². The Kier molecular flexibility index (Phi) is 29.5. The zero-order valence-electron chi connectivity index (χ0n) is 45.5. The molecular weight excluding hydrogens is 1130 g/mol. The minimum Gasteiger partial charge on any atom is -1.00 e. The van der Waals surface area contributed by atoms with Crippen LogP contribution in [-0.2, 0) is 78.1 Å². The fourth-order valence-electron chi connectivity index (χ4n) is 11.0. The van der Waals surface area contributed by atoms with Crippen LogP contribution in [0.25, 0.3) is 65.3 Å². The molecule has 0 nitrogen and oxygen atoms in total. The smallest absolute Gasteiger partial charge is 1.00 e. The molecule has 0 saturated heterocycles. The molecule has 0 bridgehead atoms. The Hall–Kier alpha value is -3.46. The molecule has 0 N–H and O–H groups in total. The summed E-state index contributed by atoms with van der Waals surface area (Å²) in [4.78, 5) is 0. The van der Waals surface area contributed by atoms with E-state index in [4.69, 9.17) is 0 Å². The third kappa shape index (κ3) is 16.3. The van der Waals surface area contributed by atoms with Crippen LogP contribution in [0, 0.1) is 0 Å². The Morgan fingerprint density at radius 3 is 1.15 bits per heavy atom. The molecule has 10 aromatic carbocycles. The molecule has 0 aliphatic heterocycles. The molecule has 0 heterocycles. The van der Waals surface area contributed by atoms with Gasteiger partial charge in [0.1, 0.15) is 0 Å². The Balaban J connectivity index is 0.000000248. The van der Waals surface area contributed by atoms with E-state index in [2.05, 4.69) is 236 Å². The first-order valence-electron chi connectivity index (χ1n) is 26.6. The summed E-state index contributed by atoms with van der Waals surface area (Å²) >= 11 is 0. The molecule has 12 rings (SSSR count). The van der Waals surface area contributed by atoms with E-state index in [0.29, 0.717) is 11.8 Å². The van der Waals surface area contributed by atoms with Crippen LogP contribution in [0.2, 0.25) is 26.2 Å². The predicted molar refractivity (Wildman–Crippen MR) is 317 cm³/mol. The van der Waals surface area contributed by atoms with Crippen LogP contribution in [0.1, 0.15) is 111 Å². The molecule has 4 radical (unpaired) electrons. The molecule has 2 unspecified atom stereocenters. The van der Waals surface area contributed by atoms with Crippen LogP contribution in [0.3, 0.4) is 0 Å². The number of rotatable bonds is 8. The van der Waals surface area contributed by atoms with E-state index in [1.807, 2.05) is 0 Å². The predicted octanol–water partition coefficient (Wildman–Crippen LogP) is 13.4. The van der Waals surface area contributed by atoms with Crippen molar-refractivity contribution >= 4 is 62.1 Å². The van der Waals surface area contributed by atoms with E-state index in [1.54, 1.807) is 22.3 Å². The van der Waals surface area contributed by atoms with Gasteiger partial charge in [0.15, 0.2) is 0 Å². The summed E-state index contributed by atoms with van der Waals surface area (Å²) in [7, 11) is 1.50. The fraction of sp³-hybridized carbons (Fsp3) is 0.294.